The van der Waals surface area contributed by atoms with E-state index in [1.54, 1.807) is 18.1 Å². The van der Waals surface area contributed by atoms with Gasteiger partial charge in [0.2, 0.25) is 0 Å². The van der Waals surface area contributed by atoms with Crippen LogP contribution in [0.25, 0.3) is 11.6 Å². The summed E-state index contributed by atoms with van der Waals surface area (Å²) in [6.07, 6.45) is 3.54. The summed E-state index contributed by atoms with van der Waals surface area (Å²) in [7, 11) is 1.76. The van der Waals surface area contributed by atoms with Crippen LogP contribution in [0.2, 0.25) is 0 Å². The van der Waals surface area contributed by atoms with Gasteiger partial charge in [-0.15, -0.1) is 11.3 Å². The van der Waals surface area contributed by atoms with Gasteiger partial charge in [0.15, 0.2) is 0 Å². The molecule has 2 heterocycles. The van der Waals surface area contributed by atoms with Crippen LogP contribution in [0.3, 0.4) is 0 Å². The number of rotatable bonds is 7. The van der Waals surface area contributed by atoms with E-state index in [0.717, 1.165) is 33.8 Å². The van der Waals surface area contributed by atoms with Gasteiger partial charge >= 0.3 is 0 Å². The van der Waals surface area contributed by atoms with Gasteiger partial charge in [0.25, 0.3) is 5.91 Å². The molecule has 1 aliphatic rings. The first-order valence-corrected chi connectivity index (χ1v) is 11.9. The maximum absolute atomic E-state index is 14.3. The molecule has 0 fully saturated rings. The van der Waals surface area contributed by atoms with Gasteiger partial charge in [-0.25, -0.2) is 18.1 Å². The maximum Gasteiger partial charge on any atom is 0.258 e. The summed E-state index contributed by atoms with van der Waals surface area (Å²) < 4.78 is 29.6. The van der Waals surface area contributed by atoms with E-state index < -0.39 is 11.6 Å². The van der Waals surface area contributed by atoms with E-state index >= 15 is 0 Å². The molecule has 1 amide bonds. The summed E-state index contributed by atoms with van der Waals surface area (Å²) >= 11 is 2.99. The van der Waals surface area contributed by atoms with Crippen LogP contribution in [0.1, 0.15) is 30.0 Å². The van der Waals surface area contributed by atoms with E-state index in [1.165, 1.54) is 35.4 Å². The Bertz CT molecular complexity index is 1160. The van der Waals surface area contributed by atoms with Crippen LogP contribution in [0, 0.1) is 17.6 Å². The molecule has 0 saturated carbocycles. The van der Waals surface area contributed by atoms with Gasteiger partial charge < -0.3 is 4.90 Å². The van der Waals surface area contributed by atoms with Gasteiger partial charge in [0, 0.05) is 53.8 Å². The van der Waals surface area contributed by atoms with Crippen LogP contribution < -0.4 is 4.90 Å². The van der Waals surface area contributed by atoms with Gasteiger partial charge in [-0.2, -0.15) is 0 Å². The highest BCUT2D eigenvalue weighted by molar-refractivity contribution is 7.97. The molecule has 166 valence electrons. The summed E-state index contributed by atoms with van der Waals surface area (Å²) in [5, 5.41) is 2.65. The van der Waals surface area contributed by atoms with Gasteiger partial charge in [-0.3, -0.25) is 4.79 Å². The summed E-state index contributed by atoms with van der Waals surface area (Å²) in [5.74, 6) is -0.839. The molecule has 0 bridgehead atoms. The van der Waals surface area contributed by atoms with Crippen LogP contribution in [-0.4, -0.2) is 28.8 Å². The number of carbonyl (C=O) groups excluding carboxylic acids is 1. The zero-order chi connectivity index (χ0) is 22.8. The van der Waals surface area contributed by atoms with Crippen LogP contribution in [0.5, 0.6) is 0 Å². The van der Waals surface area contributed by atoms with Crippen LogP contribution >= 0.6 is 23.3 Å². The van der Waals surface area contributed by atoms with E-state index in [9.17, 15) is 13.6 Å². The Morgan fingerprint density at radius 2 is 2.03 bits per heavy atom. The lowest BCUT2D eigenvalue weighted by molar-refractivity contribution is -0.112. The fourth-order valence-electron chi connectivity index (χ4n) is 3.58. The third kappa shape index (κ3) is 4.92. The fraction of sp³-hybridized carbons (Fsp3) is 0.250. The maximum atomic E-state index is 14.3. The van der Waals surface area contributed by atoms with Crippen molar-refractivity contribution in [2.24, 2.45) is 5.92 Å². The van der Waals surface area contributed by atoms with Gasteiger partial charge in [0.1, 0.15) is 16.6 Å². The Morgan fingerprint density at radius 1 is 1.22 bits per heavy atom. The number of hydrogen-bond donors (Lipinski definition) is 0. The minimum atomic E-state index is -0.582. The third-order valence-corrected chi connectivity index (χ3v) is 6.76. The van der Waals surface area contributed by atoms with Crippen LogP contribution in [0.15, 0.2) is 52.9 Å². The molecule has 2 aromatic carbocycles. The Kier molecular flexibility index (Phi) is 6.74. The topological polar surface area (TPSA) is 36.4 Å². The summed E-state index contributed by atoms with van der Waals surface area (Å²) in [6, 6.07) is 9.58. The number of nitrogens with zero attached hydrogens (tertiary/aromatic N) is 3. The van der Waals surface area contributed by atoms with Crippen molar-refractivity contribution in [3.05, 3.63) is 75.7 Å². The predicted octanol–water partition coefficient (Wildman–Crippen LogP) is 6.10. The molecule has 8 heteroatoms. The molecular weight excluding hydrogens is 448 g/mol. The molecule has 0 aliphatic carbocycles. The molecule has 4 rings (SSSR count). The number of amides is 1. The Labute approximate surface area is 194 Å². The van der Waals surface area contributed by atoms with Crippen LogP contribution in [-0.2, 0) is 11.3 Å². The highest BCUT2D eigenvalue weighted by Gasteiger charge is 2.30. The summed E-state index contributed by atoms with van der Waals surface area (Å²) in [4.78, 5) is 19.7. The van der Waals surface area contributed by atoms with E-state index in [0.29, 0.717) is 23.6 Å². The normalized spacial score (nSPS) is 14.8. The van der Waals surface area contributed by atoms with E-state index in [4.69, 9.17) is 0 Å². The Morgan fingerprint density at radius 3 is 2.72 bits per heavy atom. The number of anilines is 1. The molecule has 32 heavy (non-hydrogen) atoms. The molecule has 3 aromatic rings. The number of thiazole rings is 1. The molecule has 0 atom stereocenters. The molecule has 4 nitrogen and oxygen atoms in total. The number of fused-ring (bicyclic) bond motifs is 1. The van der Waals surface area contributed by atoms with Gasteiger partial charge in [-0.05, 0) is 48.2 Å². The largest absolute Gasteiger partial charge is 0.311 e. The molecule has 0 N–H and O–H groups in total. The lowest BCUT2D eigenvalue weighted by atomic mass is 10.1. The lowest BCUT2D eigenvalue weighted by Gasteiger charge is -2.23. The third-order valence-electron chi connectivity index (χ3n) is 5.04. The first-order chi connectivity index (χ1) is 15.3. The highest BCUT2D eigenvalue weighted by atomic mass is 32.2. The van der Waals surface area contributed by atoms with Crippen molar-refractivity contribution in [3.63, 3.8) is 0 Å². The molecule has 0 unspecified atom stereocenters. The van der Waals surface area contributed by atoms with Crippen molar-refractivity contribution < 1.29 is 13.6 Å². The Balaban J connectivity index is 1.63. The van der Waals surface area contributed by atoms with E-state index in [2.05, 4.69) is 23.1 Å². The number of benzene rings is 2. The van der Waals surface area contributed by atoms with E-state index in [1.807, 2.05) is 29.7 Å². The minimum Gasteiger partial charge on any atom is -0.311 e. The second kappa shape index (κ2) is 9.52. The SMILES string of the molecule is CC(C)CN(Cc1ccc(F)cc1F)Sc1ccc2c(c1)/C(=C\c1nccs1)C(=O)N2C. The standard InChI is InChI=1S/C24H23F2N3OS2/c1-15(2)13-29(14-16-4-5-17(25)10-21(16)26)32-18-6-7-22-19(11-18)20(24(30)28(22)3)12-23-27-8-9-31-23/h4-12,15H,13-14H2,1-3H3/b20-12+. The Hall–Kier alpha value is -2.55. The first kappa shape index (κ1) is 22.6. The summed E-state index contributed by atoms with van der Waals surface area (Å²) in [5.41, 5.74) is 2.76. The smallest absolute Gasteiger partial charge is 0.258 e. The predicted molar refractivity (Wildman–Crippen MR) is 127 cm³/mol. The number of likely N-dealkylation sites (N-methyl/N-ethyl adjacent to an activating group) is 1. The second-order valence-corrected chi connectivity index (χ2v) is 10.1. The minimum absolute atomic E-state index is 0.0650. The van der Waals surface area contributed by atoms with Crippen molar-refractivity contribution in [1.29, 1.82) is 0 Å². The zero-order valence-corrected chi connectivity index (χ0v) is 19.6. The van der Waals surface area contributed by atoms with Crippen molar-refractivity contribution >= 4 is 46.5 Å². The first-order valence-electron chi connectivity index (χ1n) is 10.2. The number of hydrogen-bond acceptors (Lipinski definition) is 5. The van der Waals surface area contributed by atoms with Crippen molar-refractivity contribution in [2.45, 2.75) is 25.3 Å². The molecular formula is C24H23F2N3OS2. The second-order valence-electron chi connectivity index (χ2n) is 8.01. The number of aromatic nitrogens is 1. The molecule has 0 saturated heterocycles. The van der Waals surface area contributed by atoms with Crippen molar-refractivity contribution in [3.8, 4) is 0 Å². The average Bonchev–Trinajstić information content (AvgIpc) is 3.33. The summed E-state index contributed by atoms with van der Waals surface area (Å²) in [6.45, 7) is 5.26. The fourth-order valence-corrected chi connectivity index (χ4v) is 5.33. The zero-order valence-electron chi connectivity index (χ0n) is 18.0. The van der Waals surface area contributed by atoms with Gasteiger partial charge in [0.05, 0.1) is 11.3 Å². The average molecular weight is 472 g/mol. The molecule has 0 spiro atoms. The lowest BCUT2D eigenvalue weighted by Crippen LogP contribution is -2.21. The number of carbonyl (C=O) groups is 1. The molecule has 1 aromatic heterocycles. The van der Waals surface area contributed by atoms with Gasteiger partial charge in [-0.1, -0.05) is 19.9 Å². The van der Waals surface area contributed by atoms with Crippen molar-refractivity contribution in [2.75, 3.05) is 18.5 Å². The molecule has 0 radical (unpaired) electrons. The van der Waals surface area contributed by atoms with Crippen molar-refractivity contribution in [1.82, 2.24) is 9.29 Å². The van der Waals surface area contributed by atoms with E-state index in [-0.39, 0.29) is 5.91 Å². The number of halogens is 2. The monoisotopic (exact) mass is 471 g/mol. The molecule has 1 aliphatic heterocycles. The van der Waals surface area contributed by atoms with Crippen LogP contribution in [0.4, 0.5) is 14.5 Å². The highest BCUT2D eigenvalue weighted by Crippen LogP contribution is 2.40. The quantitative estimate of drug-likeness (QED) is 0.308.